The molecule has 2 heterocycles. The van der Waals surface area contributed by atoms with Crippen LogP contribution < -0.4 is 0 Å². The van der Waals surface area contributed by atoms with Gasteiger partial charge in [0.15, 0.2) is 0 Å². The predicted octanol–water partition coefficient (Wildman–Crippen LogP) is 1.25. The molecule has 2 fully saturated rings. The summed E-state index contributed by atoms with van der Waals surface area (Å²) in [5.74, 6) is 0.265. The van der Waals surface area contributed by atoms with Gasteiger partial charge >= 0.3 is 0 Å². The lowest BCUT2D eigenvalue weighted by atomic mass is 9.93. The second kappa shape index (κ2) is 4.00. The van der Waals surface area contributed by atoms with Crippen LogP contribution >= 0.6 is 0 Å². The van der Waals surface area contributed by atoms with Crippen molar-refractivity contribution in [2.75, 3.05) is 13.1 Å². The minimum absolute atomic E-state index is 0.0327. The lowest BCUT2D eigenvalue weighted by molar-refractivity contribution is -0.159. The van der Waals surface area contributed by atoms with E-state index in [0.717, 1.165) is 19.4 Å². The molecule has 2 unspecified atom stereocenters. The first-order valence-corrected chi connectivity index (χ1v) is 6.42. The van der Waals surface area contributed by atoms with Gasteiger partial charge in [0.2, 0.25) is 11.8 Å². The number of hydrogen-bond donors (Lipinski definition) is 0. The van der Waals surface area contributed by atoms with Gasteiger partial charge in [0.05, 0.1) is 0 Å². The Morgan fingerprint density at radius 1 is 1.24 bits per heavy atom. The molecule has 96 valence electrons. The van der Waals surface area contributed by atoms with Crippen molar-refractivity contribution < 1.29 is 9.59 Å². The minimum Gasteiger partial charge on any atom is -0.329 e. The van der Waals surface area contributed by atoms with Gasteiger partial charge < -0.3 is 9.80 Å². The fraction of sp³-hybridized carbons (Fsp3) is 0.846. The largest absolute Gasteiger partial charge is 0.329 e. The zero-order valence-corrected chi connectivity index (χ0v) is 11.2. The highest BCUT2D eigenvalue weighted by Crippen LogP contribution is 2.29. The van der Waals surface area contributed by atoms with Crippen molar-refractivity contribution in [2.45, 2.75) is 52.6 Å². The molecule has 17 heavy (non-hydrogen) atoms. The Morgan fingerprint density at radius 2 is 1.88 bits per heavy atom. The van der Waals surface area contributed by atoms with Crippen LogP contribution in [-0.2, 0) is 9.59 Å². The average molecular weight is 238 g/mol. The lowest BCUT2D eigenvalue weighted by Gasteiger charge is -2.43. The number of rotatable bonds is 1. The van der Waals surface area contributed by atoms with Gasteiger partial charge in [-0.05, 0) is 25.2 Å². The molecule has 0 aromatic heterocycles. The van der Waals surface area contributed by atoms with Crippen molar-refractivity contribution in [1.82, 2.24) is 9.80 Å². The molecule has 2 amide bonds. The highest BCUT2D eigenvalue weighted by molar-refractivity contribution is 5.97. The number of fused-ring (bicyclic) bond motifs is 1. The molecular formula is C13H22N2O2. The topological polar surface area (TPSA) is 40.6 Å². The molecule has 0 aromatic rings. The highest BCUT2D eigenvalue weighted by Gasteiger charge is 2.46. The van der Waals surface area contributed by atoms with Gasteiger partial charge in [-0.25, -0.2) is 0 Å². The van der Waals surface area contributed by atoms with Crippen LogP contribution in [0, 0.1) is 5.41 Å². The summed E-state index contributed by atoms with van der Waals surface area (Å²) in [4.78, 5) is 28.1. The van der Waals surface area contributed by atoms with Crippen LogP contribution in [0.1, 0.15) is 40.5 Å². The third-order valence-corrected chi connectivity index (χ3v) is 3.57. The second-order valence-corrected chi connectivity index (χ2v) is 6.39. The number of hydrogen-bond acceptors (Lipinski definition) is 2. The molecule has 2 aliphatic heterocycles. The molecule has 4 heteroatoms. The van der Waals surface area contributed by atoms with E-state index in [1.54, 1.807) is 9.80 Å². The molecule has 0 spiro atoms. The molecule has 2 saturated heterocycles. The molecule has 2 atom stereocenters. The van der Waals surface area contributed by atoms with Crippen LogP contribution in [-0.4, -0.2) is 46.8 Å². The average Bonchev–Trinajstić information content (AvgIpc) is 2.69. The van der Waals surface area contributed by atoms with Crippen molar-refractivity contribution in [3.05, 3.63) is 0 Å². The van der Waals surface area contributed by atoms with Crippen molar-refractivity contribution in [3.8, 4) is 0 Å². The third kappa shape index (κ3) is 2.17. The Balaban J connectivity index is 2.21. The van der Waals surface area contributed by atoms with Crippen LogP contribution in [0.5, 0.6) is 0 Å². The quantitative estimate of drug-likeness (QED) is 0.690. The van der Waals surface area contributed by atoms with E-state index in [9.17, 15) is 9.59 Å². The summed E-state index contributed by atoms with van der Waals surface area (Å²) in [6.07, 6.45) is 1.79. The molecule has 0 saturated carbocycles. The molecule has 0 aromatic carbocycles. The molecule has 2 aliphatic rings. The van der Waals surface area contributed by atoms with E-state index in [4.69, 9.17) is 0 Å². The normalized spacial score (nSPS) is 29.9. The molecule has 0 aliphatic carbocycles. The van der Waals surface area contributed by atoms with E-state index in [1.807, 2.05) is 6.92 Å². The van der Waals surface area contributed by atoms with E-state index in [0.29, 0.717) is 6.54 Å². The zero-order valence-electron chi connectivity index (χ0n) is 11.2. The Labute approximate surface area is 103 Å². The van der Waals surface area contributed by atoms with Crippen LogP contribution in [0.25, 0.3) is 0 Å². The van der Waals surface area contributed by atoms with E-state index in [1.165, 1.54) is 0 Å². The monoisotopic (exact) mass is 238 g/mol. The van der Waals surface area contributed by atoms with Crippen molar-refractivity contribution >= 4 is 11.8 Å². The second-order valence-electron chi connectivity index (χ2n) is 6.39. The first-order chi connectivity index (χ1) is 7.81. The summed E-state index contributed by atoms with van der Waals surface area (Å²) in [6, 6.07) is -0.475. The summed E-state index contributed by atoms with van der Waals surface area (Å²) in [7, 11) is 0. The van der Waals surface area contributed by atoms with Gasteiger partial charge in [-0.15, -0.1) is 0 Å². The van der Waals surface area contributed by atoms with E-state index in [2.05, 4.69) is 20.8 Å². The summed E-state index contributed by atoms with van der Waals surface area (Å²) in [6.45, 7) is 9.54. The lowest BCUT2D eigenvalue weighted by Crippen LogP contribution is -2.63. The summed E-state index contributed by atoms with van der Waals surface area (Å²) < 4.78 is 0. The smallest absolute Gasteiger partial charge is 0.246 e. The van der Waals surface area contributed by atoms with E-state index < -0.39 is 0 Å². The predicted molar refractivity (Wildman–Crippen MR) is 65.4 cm³/mol. The van der Waals surface area contributed by atoms with Gasteiger partial charge in [0, 0.05) is 13.1 Å². The standard InChI is InChI=1S/C13H22N2O2/c1-9-11(16)14-7-5-6-10(14)12(17)15(9)8-13(2,3)4/h9-10H,5-8H2,1-4H3. The maximum Gasteiger partial charge on any atom is 0.246 e. The molecule has 0 bridgehead atoms. The van der Waals surface area contributed by atoms with Crippen molar-refractivity contribution in [2.24, 2.45) is 5.41 Å². The van der Waals surface area contributed by atoms with Crippen LogP contribution in [0.3, 0.4) is 0 Å². The summed E-state index contributed by atoms with van der Waals surface area (Å²) >= 11 is 0. The Hall–Kier alpha value is -1.06. The summed E-state index contributed by atoms with van der Waals surface area (Å²) in [5, 5.41) is 0. The minimum atomic E-state index is -0.295. The van der Waals surface area contributed by atoms with Gasteiger partial charge in [-0.1, -0.05) is 20.8 Å². The molecule has 0 radical (unpaired) electrons. The van der Waals surface area contributed by atoms with E-state index >= 15 is 0 Å². The molecular weight excluding hydrogens is 216 g/mol. The molecule has 0 N–H and O–H groups in total. The number of piperazine rings is 1. The third-order valence-electron chi connectivity index (χ3n) is 3.57. The van der Waals surface area contributed by atoms with Crippen molar-refractivity contribution in [3.63, 3.8) is 0 Å². The fourth-order valence-corrected chi connectivity index (χ4v) is 2.77. The van der Waals surface area contributed by atoms with Crippen molar-refractivity contribution in [1.29, 1.82) is 0 Å². The number of nitrogens with zero attached hydrogens (tertiary/aromatic N) is 2. The highest BCUT2D eigenvalue weighted by atomic mass is 16.2. The number of carbonyl (C=O) groups excluding carboxylic acids is 2. The van der Waals surface area contributed by atoms with Gasteiger partial charge in [0.25, 0.3) is 0 Å². The Kier molecular flexibility index (Phi) is 2.92. The zero-order chi connectivity index (χ0) is 12.8. The van der Waals surface area contributed by atoms with Gasteiger partial charge in [0.1, 0.15) is 12.1 Å². The Bertz CT molecular complexity index is 346. The van der Waals surface area contributed by atoms with Gasteiger partial charge in [-0.2, -0.15) is 0 Å². The van der Waals surface area contributed by atoms with Crippen LogP contribution in [0.2, 0.25) is 0 Å². The maximum absolute atomic E-state index is 12.4. The first-order valence-electron chi connectivity index (χ1n) is 6.42. The van der Waals surface area contributed by atoms with Gasteiger partial charge in [-0.3, -0.25) is 9.59 Å². The number of amides is 2. The maximum atomic E-state index is 12.4. The molecule has 4 nitrogen and oxygen atoms in total. The SMILES string of the molecule is CC1C(=O)N2CCCC2C(=O)N1CC(C)(C)C. The van der Waals surface area contributed by atoms with Crippen LogP contribution in [0.4, 0.5) is 0 Å². The fourth-order valence-electron chi connectivity index (χ4n) is 2.77. The van der Waals surface area contributed by atoms with Crippen LogP contribution in [0.15, 0.2) is 0 Å². The Morgan fingerprint density at radius 3 is 2.47 bits per heavy atom. The number of carbonyl (C=O) groups is 2. The summed E-state index contributed by atoms with van der Waals surface area (Å²) in [5.41, 5.74) is 0.0327. The van der Waals surface area contributed by atoms with E-state index in [-0.39, 0.29) is 29.3 Å². The first kappa shape index (κ1) is 12.4. The molecule has 2 rings (SSSR count).